The Morgan fingerprint density at radius 1 is 1.27 bits per heavy atom. The van der Waals surface area contributed by atoms with E-state index in [0.29, 0.717) is 6.04 Å². The number of benzene rings is 1. The Kier molecular flexibility index (Phi) is 6.91. The molecule has 1 atom stereocenters. The van der Waals surface area contributed by atoms with Crippen LogP contribution in [-0.4, -0.2) is 38.8 Å². The minimum absolute atomic E-state index is 0.144. The monoisotopic (exact) mass is 390 g/mol. The molecule has 1 aromatic carbocycles. The van der Waals surface area contributed by atoms with Gasteiger partial charge in [0, 0.05) is 18.3 Å². The lowest BCUT2D eigenvalue weighted by atomic mass is 9.94. The standard InChI is InChI=1S/C19H26N4OS2/c1-3-23(16-12-8-5-9-13-16)17(24)14(2)25-19-22-21-18(26-19)20-15-10-6-4-7-11-15/h4,6-7,10-11,14,16H,3,5,8-9,12-13H2,1-2H3,(H,20,21)/t14-/m0/s1. The fraction of sp³-hybridized carbons (Fsp3) is 0.526. The summed E-state index contributed by atoms with van der Waals surface area (Å²) in [5.74, 6) is 0.220. The summed E-state index contributed by atoms with van der Waals surface area (Å²) in [4.78, 5) is 15.0. The van der Waals surface area contributed by atoms with Gasteiger partial charge in [-0.25, -0.2) is 0 Å². The van der Waals surface area contributed by atoms with E-state index in [4.69, 9.17) is 0 Å². The molecule has 2 aromatic rings. The molecule has 1 amide bonds. The van der Waals surface area contributed by atoms with E-state index in [-0.39, 0.29) is 11.2 Å². The normalized spacial score (nSPS) is 16.2. The van der Waals surface area contributed by atoms with Crippen molar-refractivity contribution in [3.8, 4) is 0 Å². The summed E-state index contributed by atoms with van der Waals surface area (Å²) in [6.07, 6.45) is 6.05. The van der Waals surface area contributed by atoms with Crippen LogP contribution >= 0.6 is 23.1 Å². The molecule has 7 heteroatoms. The Morgan fingerprint density at radius 2 is 2.00 bits per heavy atom. The zero-order chi connectivity index (χ0) is 18.4. The van der Waals surface area contributed by atoms with Gasteiger partial charge in [0.2, 0.25) is 11.0 Å². The molecule has 5 nitrogen and oxygen atoms in total. The maximum Gasteiger partial charge on any atom is 0.236 e. The molecule has 1 fully saturated rings. The highest BCUT2D eigenvalue weighted by Crippen LogP contribution is 2.32. The topological polar surface area (TPSA) is 58.1 Å². The fourth-order valence-corrected chi connectivity index (χ4v) is 5.36. The van der Waals surface area contributed by atoms with Gasteiger partial charge < -0.3 is 10.2 Å². The van der Waals surface area contributed by atoms with E-state index in [2.05, 4.69) is 27.3 Å². The van der Waals surface area contributed by atoms with E-state index in [1.807, 2.05) is 37.3 Å². The zero-order valence-corrected chi connectivity index (χ0v) is 17.0. The van der Waals surface area contributed by atoms with Crippen LogP contribution in [0.15, 0.2) is 34.7 Å². The van der Waals surface area contributed by atoms with E-state index in [1.165, 1.54) is 42.4 Å². The third kappa shape index (κ3) is 4.98. The van der Waals surface area contributed by atoms with Crippen LogP contribution in [0.5, 0.6) is 0 Å². The van der Waals surface area contributed by atoms with Crippen molar-refractivity contribution in [2.24, 2.45) is 0 Å². The first-order valence-corrected chi connectivity index (χ1v) is 11.0. The molecule has 0 spiro atoms. The second-order valence-electron chi connectivity index (χ2n) is 6.54. The number of hydrogen-bond donors (Lipinski definition) is 1. The fourth-order valence-electron chi connectivity index (χ4n) is 3.37. The Hall–Kier alpha value is -1.60. The number of hydrogen-bond acceptors (Lipinski definition) is 6. The number of nitrogens with one attached hydrogen (secondary N) is 1. The molecule has 1 N–H and O–H groups in total. The van der Waals surface area contributed by atoms with Gasteiger partial charge in [0.1, 0.15) is 0 Å². The number of carbonyl (C=O) groups is 1. The van der Waals surface area contributed by atoms with Crippen molar-refractivity contribution in [1.82, 2.24) is 15.1 Å². The molecule has 1 aromatic heterocycles. The first kappa shape index (κ1) is 19.2. The maximum absolute atomic E-state index is 12.9. The average Bonchev–Trinajstić information content (AvgIpc) is 3.10. The molecule has 0 aliphatic heterocycles. The van der Waals surface area contributed by atoms with Crippen LogP contribution in [-0.2, 0) is 4.79 Å². The van der Waals surface area contributed by atoms with Crippen molar-refractivity contribution in [3.63, 3.8) is 0 Å². The van der Waals surface area contributed by atoms with Crippen LogP contribution in [0.2, 0.25) is 0 Å². The van der Waals surface area contributed by atoms with E-state index < -0.39 is 0 Å². The highest BCUT2D eigenvalue weighted by Gasteiger charge is 2.28. The molecule has 1 aliphatic carbocycles. The van der Waals surface area contributed by atoms with Gasteiger partial charge in [-0.3, -0.25) is 4.79 Å². The minimum Gasteiger partial charge on any atom is -0.339 e. The average molecular weight is 391 g/mol. The molecule has 1 saturated carbocycles. The summed E-state index contributed by atoms with van der Waals surface area (Å²) in [6, 6.07) is 10.3. The highest BCUT2D eigenvalue weighted by molar-refractivity contribution is 8.02. The number of thioether (sulfide) groups is 1. The third-order valence-corrected chi connectivity index (χ3v) is 6.71. The highest BCUT2D eigenvalue weighted by atomic mass is 32.2. The van der Waals surface area contributed by atoms with Crippen molar-refractivity contribution in [1.29, 1.82) is 0 Å². The molecule has 0 radical (unpaired) electrons. The van der Waals surface area contributed by atoms with E-state index >= 15 is 0 Å². The molecule has 1 heterocycles. The zero-order valence-electron chi connectivity index (χ0n) is 15.4. The Morgan fingerprint density at radius 3 is 2.69 bits per heavy atom. The predicted molar refractivity (Wildman–Crippen MR) is 109 cm³/mol. The van der Waals surface area contributed by atoms with E-state index in [0.717, 1.165) is 34.5 Å². The lowest BCUT2D eigenvalue weighted by Crippen LogP contribution is -2.44. The van der Waals surface area contributed by atoms with Gasteiger partial charge >= 0.3 is 0 Å². The maximum atomic E-state index is 12.9. The number of anilines is 2. The van der Waals surface area contributed by atoms with Crippen LogP contribution < -0.4 is 5.32 Å². The largest absolute Gasteiger partial charge is 0.339 e. The van der Waals surface area contributed by atoms with Crippen LogP contribution in [0.1, 0.15) is 46.0 Å². The number of amides is 1. The van der Waals surface area contributed by atoms with Gasteiger partial charge in [0.25, 0.3) is 0 Å². The Labute approximate surface area is 163 Å². The number of para-hydroxylation sites is 1. The Balaban J connectivity index is 1.58. The SMILES string of the molecule is CCN(C(=O)[C@H](C)Sc1nnc(Nc2ccccc2)s1)C1CCCCC1. The molecule has 0 unspecified atom stereocenters. The third-order valence-electron chi connectivity index (χ3n) is 4.70. The predicted octanol–water partition coefficient (Wildman–Crippen LogP) is 4.94. The number of rotatable bonds is 7. The lowest BCUT2D eigenvalue weighted by molar-refractivity contribution is -0.133. The number of aromatic nitrogens is 2. The molecule has 140 valence electrons. The molecular weight excluding hydrogens is 364 g/mol. The quantitative estimate of drug-likeness (QED) is 0.678. The number of carbonyl (C=O) groups excluding carboxylic acids is 1. The molecule has 0 bridgehead atoms. The first-order valence-electron chi connectivity index (χ1n) is 9.30. The van der Waals surface area contributed by atoms with Crippen LogP contribution in [0.25, 0.3) is 0 Å². The van der Waals surface area contributed by atoms with Gasteiger partial charge in [0.05, 0.1) is 5.25 Å². The summed E-state index contributed by atoms with van der Waals surface area (Å²) in [7, 11) is 0. The van der Waals surface area contributed by atoms with Crippen LogP contribution in [0, 0.1) is 0 Å². The van der Waals surface area contributed by atoms with Gasteiger partial charge in [-0.1, -0.05) is 60.6 Å². The molecular formula is C19H26N4OS2. The number of nitrogens with zero attached hydrogens (tertiary/aromatic N) is 3. The minimum atomic E-state index is -0.144. The van der Waals surface area contributed by atoms with Crippen LogP contribution in [0.3, 0.4) is 0 Å². The summed E-state index contributed by atoms with van der Waals surface area (Å²) < 4.78 is 0.823. The second kappa shape index (κ2) is 9.37. The summed E-state index contributed by atoms with van der Waals surface area (Å²) >= 11 is 2.99. The van der Waals surface area contributed by atoms with Crippen molar-refractivity contribution in [2.75, 3.05) is 11.9 Å². The van der Waals surface area contributed by atoms with Gasteiger partial charge in [-0.15, -0.1) is 10.2 Å². The van der Waals surface area contributed by atoms with Crippen molar-refractivity contribution in [2.45, 2.75) is 61.6 Å². The van der Waals surface area contributed by atoms with Gasteiger partial charge in [0.15, 0.2) is 4.34 Å². The van der Waals surface area contributed by atoms with E-state index in [9.17, 15) is 4.79 Å². The summed E-state index contributed by atoms with van der Waals surface area (Å²) in [6.45, 7) is 4.84. The van der Waals surface area contributed by atoms with E-state index in [1.54, 1.807) is 0 Å². The molecule has 3 rings (SSSR count). The van der Waals surface area contributed by atoms with Crippen molar-refractivity contribution >= 4 is 39.8 Å². The molecule has 26 heavy (non-hydrogen) atoms. The van der Waals surface area contributed by atoms with Crippen molar-refractivity contribution in [3.05, 3.63) is 30.3 Å². The van der Waals surface area contributed by atoms with Crippen molar-refractivity contribution < 1.29 is 4.79 Å². The second-order valence-corrected chi connectivity index (χ2v) is 9.11. The lowest BCUT2D eigenvalue weighted by Gasteiger charge is -2.35. The van der Waals surface area contributed by atoms with Gasteiger partial charge in [-0.2, -0.15) is 0 Å². The van der Waals surface area contributed by atoms with Gasteiger partial charge in [-0.05, 0) is 38.8 Å². The van der Waals surface area contributed by atoms with Crippen LogP contribution in [0.4, 0.5) is 10.8 Å². The summed E-state index contributed by atoms with van der Waals surface area (Å²) in [5.41, 5.74) is 0.985. The Bertz CT molecular complexity index is 701. The molecule has 1 aliphatic rings. The smallest absolute Gasteiger partial charge is 0.236 e. The summed E-state index contributed by atoms with van der Waals surface area (Å²) in [5, 5.41) is 12.3. The molecule has 0 saturated heterocycles. The first-order chi connectivity index (χ1) is 12.7.